The van der Waals surface area contributed by atoms with Gasteiger partial charge in [-0.15, -0.1) is 16.4 Å². The summed E-state index contributed by atoms with van der Waals surface area (Å²) in [5, 5.41) is 8.01. The zero-order valence-corrected chi connectivity index (χ0v) is 12.9. The van der Waals surface area contributed by atoms with Crippen molar-refractivity contribution in [2.75, 3.05) is 5.32 Å². The molecule has 0 saturated heterocycles. The third kappa shape index (κ3) is 2.51. The van der Waals surface area contributed by atoms with Gasteiger partial charge in [-0.05, 0) is 20.8 Å². The molecule has 0 aliphatic carbocycles. The van der Waals surface area contributed by atoms with E-state index in [4.69, 9.17) is 0 Å². The SMILES string of the molecule is Cc1nc(C)c(C(C)Nc2nn(C)c(=O)n(C)c2=O)s1. The van der Waals surface area contributed by atoms with E-state index in [0.29, 0.717) is 0 Å². The monoisotopic (exact) mass is 295 g/mol. The molecule has 2 aromatic heterocycles. The average molecular weight is 295 g/mol. The van der Waals surface area contributed by atoms with Crippen LogP contribution in [0.15, 0.2) is 9.59 Å². The molecule has 0 saturated carbocycles. The van der Waals surface area contributed by atoms with Gasteiger partial charge in [0.25, 0.3) is 5.56 Å². The molecule has 2 aromatic rings. The van der Waals surface area contributed by atoms with Crippen LogP contribution >= 0.6 is 11.3 Å². The van der Waals surface area contributed by atoms with E-state index in [0.717, 1.165) is 24.8 Å². The number of thiazole rings is 1. The van der Waals surface area contributed by atoms with Crippen molar-refractivity contribution in [2.24, 2.45) is 14.1 Å². The largest absolute Gasteiger partial charge is 0.357 e. The maximum absolute atomic E-state index is 12.0. The first-order valence-corrected chi connectivity index (χ1v) is 6.97. The lowest BCUT2D eigenvalue weighted by Gasteiger charge is -2.14. The van der Waals surface area contributed by atoms with Gasteiger partial charge in [0.05, 0.1) is 16.7 Å². The molecule has 0 bridgehead atoms. The van der Waals surface area contributed by atoms with Crippen LogP contribution in [0.25, 0.3) is 0 Å². The van der Waals surface area contributed by atoms with E-state index >= 15 is 0 Å². The van der Waals surface area contributed by atoms with Crippen LogP contribution in [0.1, 0.15) is 28.5 Å². The Bertz CT molecular complexity index is 758. The van der Waals surface area contributed by atoms with Crippen molar-refractivity contribution in [3.05, 3.63) is 36.4 Å². The molecular formula is C12H17N5O2S. The van der Waals surface area contributed by atoms with Gasteiger partial charge in [-0.3, -0.25) is 9.36 Å². The molecule has 0 aliphatic rings. The molecule has 0 aliphatic heterocycles. The zero-order chi connectivity index (χ0) is 15.0. The van der Waals surface area contributed by atoms with Crippen LogP contribution in [-0.2, 0) is 14.1 Å². The molecule has 1 atom stereocenters. The van der Waals surface area contributed by atoms with Gasteiger partial charge in [0, 0.05) is 19.0 Å². The van der Waals surface area contributed by atoms with Gasteiger partial charge in [0.2, 0.25) is 5.82 Å². The molecule has 0 amide bonds. The summed E-state index contributed by atoms with van der Waals surface area (Å²) in [5.41, 5.74) is 0.0611. The van der Waals surface area contributed by atoms with E-state index in [1.165, 1.54) is 14.1 Å². The summed E-state index contributed by atoms with van der Waals surface area (Å²) >= 11 is 1.58. The highest BCUT2D eigenvalue weighted by Crippen LogP contribution is 2.26. The highest BCUT2D eigenvalue weighted by molar-refractivity contribution is 7.11. The Hall–Kier alpha value is -1.96. The van der Waals surface area contributed by atoms with Gasteiger partial charge in [-0.2, -0.15) is 0 Å². The van der Waals surface area contributed by atoms with Crippen LogP contribution in [0.5, 0.6) is 0 Å². The number of anilines is 1. The van der Waals surface area contributed by atoms with Gasteiger partial charge in [0.1, 0.15) is 0 Å². The predicted molar refractivity (Wildman–Crippen MR) is 78.3 cm³/mol. The Balaban J connectivity index is 2.38. The first kappa shape index (κ1) is 14.4. The molecule has 7 nitrogen and oxygen atoms in total. The third-order valence-corrected chi connectivity index (χ3v) is 4.26. The van der Waals surface area contributed by atoms with Crippen LogP contribution in [0.2, 0.25) is 0 Å². The van der Waals surface area contributed by atoms with Crippen molar-refractivity contribution in [3.63, 3.8) is 0 Å². The van der Waals surface area contributed by atoms with Gasteiger partial charge in [-0.25, -0.2) is 14.5 Å². The Labute approximate surface area is 119 Å². The fourth-order valence-corrected chi connectivity index (χ4v) is 2.94. The van der Waals surface area contributed by atoms with E-state index in [9.17, 15) is 9.59 Å². The third-order valence-electron chi connectivity index (χ3n) is 3.01. The molecule has 0 radical (unpaired) electrons. The number of aromatic nitrogens is 4. The molecule has 2 heterocycles. The second-order valence-corrected chi connectivity index (χ2v) is 5.90. The van der Waals surface area contributed by atoms with Crippen molar-refractivity contribution in [1.82, 2.24) is 19.3 Å². The normalized spacial score (nSPS) is 12.4. The molecule has 2 rings (SSSR count). The van der Waals surface area contributed by atoms with Crippen LogP contribution in [0, 0.1) is 13.8 Å². The number of hydrogen-bond acceptors (Lipinski definition) is 6. The summed E-state index contributed by atoms with van der Waals surface area (Å²) in [5.74, 6) is 0.160. The number of hydrogen-bond donors (Lipinski definition) is 1. The predicted octanol–water partition coefficient (Wildman–Crippen LogP) is 0.725. The second-order valence-electron chi connectivity index (χ2n) is 4.67. The number of aryl methyl sites for hydroxylation is 3. The fourth-order valence-electron chi connectivity index (χ4n) is 2.01. The molecule has 1 unspecified atom stereocenters. The van der Waals surface area contributed by atoms with E-state index in [1.54, 1.807) is 11.3 Å². The number of rotatable bonds is 3. The molecule has 0 aromatic carbocycles. The highest BCUT2D eigenvalue weighted by atomic mass is 32.1. The van der Waals surface area contributed by atoms with Gasteiger partial charge in [-0.1, -0.05) is 0 Å². The average Bonchev–Trinajstić information content (AvgIpc) is 2.72. The minimum Gasteiger partial charge on any atom is -0.357 e. The lowest BCUT2D eigenvalue weighted by atomic mass is 10.2. The smallest absolute Gasteiger partial charge is 0.346 e. The molecule has 1 N–H and O–H groups in total. The van der Waals surface area contributed by atoms with Crippen molar-refractivity contribution >= 4 is 17.2 Å². The Morgan fingerprint density at radius 1 is 1.25 bits per heavy atom. The van der Waals surface area contributed by atoms with E-state index in [-0.39, 0.29) is 11.9 Å². The summed E-state index contributed by atoms with van der Waals surface area (Å²) in [6.45, 7) is 5.81. The first-order chi connectivity index (χ1) is 9.31. The lowest BCUT2D eigenvalue weighted by Crippen LogP contribution is -2.40. The summed E-state index contributed by atoms with van der Waals surface area (Å²) in [7, 11) is 2.95. The Kier molecular flexibility index (Phi) is 3.76. The molecule has 108 valence electrons. The standard InChI is InChI=1S/C12H17N5O2S/c1-6-9(20-8(3)13-6)7(2)14-10-11(18)16(4)12(19)17(5)15-10/h7H,1-5H3,(H,14,15). The van der Waals surface area contributed by atoms with Crippen molar-refractivity contribution in [3.8, 4) is 0 Å². The lowest BCUT2D eigenvalue weighted by molar-refractivity contribution is 0.601. The number of nitrogens with zero attached hydrogens (tertiary/aromatic N) is 4. The van der Waals surface area contributed by atoms with Gasteiger partial charge >= 0.3 is 5.69 Å². The summed E-state index contributed by atoms with van der Waals surface area (Å²) < 4.78 is 2.17. The van der Waals surface area contributed by atoms with E-state index in [1.807, 2.05) is 20.8 Å². The first-order valence-electron chi connectivity index (χ1n) is 6.16. The minimum absolute atomic E-state index is 0.0982. The van der Waals surface area contributed by atoms with Crippen LogP contribution in [0.4, 0.5) is 5.82 Å². The summed E-state index contributed by atoms with van der Waals surface area (Å²) in [6, 6.07) is -0.0982. The second kappa shape index (κ2) is 5.20. The quantitative estimate of drug-likeness (QED) is 0.902. The highest BCUT2D eigenvalue weighted by Gasteiger charge is 2.16. The molecular weight excluding hydrogens is 278 g/mol. The van der Waals surface area contributed by atoms with Gasteiger partial charge in [0.15, 0.2) is 0 Å². The summed E-state index contributed by atoms with van der Waals surface area (Å²) in [6.07, 6.45) is 0. The molecule has 0 fully saturated rings. The van der Waals surface area contributed by atoms with Gasteiger partial charge < -0.3 is 5.32 Å². The Morgan fingerprint density at radius 2 is 1.90 bits per heavy atom. The topological polar surface area (TPSA) is 81.8 Å². The Morgan fingerprint density at radius 3 is 2.45 bits per heavy atom. The minimum atomic E-state index is -0.446. The number of nitrogens with one attached hydrogen (secondary N) is 1. The summed E-state index contributed by atoms with van der Waals surface area (Å²) in [4.78, 5) is 29.0. The van der Waals surface area contributed by atoms with Crippen LogP contribution in [-0.4, -0.2) is 19.3 Å². The molecule has 0 spiro atoms. The van der Waals surface area contributed by atoms with Crippen molar-refractivity contribution < 1.29 is 0 Å². The van der Waals surface area contributed by atoms with Crippen molar-refractivity contribution in [2.45, 2.75) is 26.8 Å². The van der Waals surface area contributed by atoms with E-state index < -0.39 is 11.2 Å². The molecule has 8 heteroatoms. The van der Waals surface area contributed by atoms with E-state index in [2.05, 4.69) is 15.4 Å². The van der Waals surface area contributed by atoms with Crippen LogP contribution in [0.3, 0.4) is 0 Å². The maximum Gasteiger partial charge on any atom is 0.346 e. The maximum atomic E-state index is 12.0. The fraction of sp³-hybridized carbons (Fsp3) is 0.500. The van der Waals surface area contributed by atoms with Crippen LogP contribution < -0.4 is 16.6 Å². The van der Waals surface area contributed by atoms with Crippen molar-refractivity contribution in [1.29, 1.82) is 0 Å². The molecule has 20 heavy (non-hydrogen) atoms. The zero-order valence-electron chi connectivity index (χ0n) is 12.1.